The van der Waals surface area contributed by atoms with Crippen LogP contribution in [0.1, 0.15) is 0 Å². The van der Waals surface area contributed by atoms with Crippen LogP contribution in [0.3, 0.4) is 0 Å². The molecule has 7 aromatic carbocycles. The van der Waals surface area contributed by atoms with E-state index in [9.17, 15) is 0 Å². The average Bonchev–Trinajstić information content (AvgIpc) is 3.97. The Morgan fingerprint density at radius 2 is 1.16 bits per heavy atom. The molecule has 0 aliphatic rings. The van der Waals surface area contributed by atoms with Gasteiger partial charge in [-0.15, -0.1) is 11.3 Å². The van der Waals surface area contributed by atoms with Crippen LogP contribution in [0, 0.1) is 0 Å². The summed E-state index contributed by atoms with van der Waals surface area (Å²) in [5, 5.41) is 7.19. The minimum absolute atomic E-state index is 0.671. The fourth-order valence-corrected chi connectivity index (χ4v) is 9.79. The summed E-state index contributed by atoms with van der Waals surface area (Å²) in [5.41, 5.74) is 11.1. The maximum absolute atomic E-state index is 5.45. The highest BCUT2D eigenvalue weighted by atomic mass is 32.1. The van der Waals surface area contributed by atoms with Gasteiger partial charge >= 0.3 is 0 Å². The van der Waals surface area contributed by atoms with Crippen LogP contribution < -0.4 is 0 Å². The molecule has 0 N–H and O–H groups in total. The molecule has 0 aliphatic heterocycles. The van der Waals surface area contributed by atoms with Crippen LogP contribution in [0.5, 0.6) is 0 Å². The van der Waals surface area contributed by atoms with Gasteiger partial charge in [-0.05, 0) is 65.0 Å². The fraction of sp³-hybridized carbons (Fsp3) is 0. The second-order valence-corrected chi connectivity index (χ2v) is 15.5. The summed E-state index contributed by atoms with van der Waals surface area (Å²) in [6.07, 6.45) is 3.61. The van der Waals surface area contributed by atoms with Crippen molar-refractivity contribution in [3.8, 4) is 44.5 Å². The zero-order chi connectivity index (χ0) is 37.5. The highest BCUT2D eigenvalue weighted by Crippen LogP contribution is 2.44. The Hall–Kier alpha value is -7.41. The van der Waals surface area contributed by atoms with Gasteiger partial charge in [-0.1, -0.05) is 127 Å². The molecule has 6 heteroatoms. The van der Waals surface area contributed by atoms with Gasteiger partial charge in [-0.25, -0.2) is 9.97 Å². The molecule has 0 saturated carbocycles. The van der Waals surface area contributed by atoms with Gasteiger partial charge in [0.1, 0.15) is 0 Å². The molecule has 5 aromatic heterocycles. The molecule has 12 rings (SSSR count). The average molecular weight is 746 g/mol. The third-order valence-corrected chi connectivity index (χ3v) is 12.4. The molecule has 0 saturated heterocycles. The van der Waals surface area contributed by atoms with Crippen LogP contribution in [0.4, 0.5) is 0 Å². The maximum atomic E-state index is 5.45. The number of para-hydroxylation sites is 3. The van der Waals surface area contributed by atoms with Gasteiger partial charge in [-0.2, -0.15) is 0 Å². The van der Waals surface area contributed by atoms with Gasteiger partial charge in [0.2, 0.25) is 0 Å². The number of pyridine rings is 1. The van der Waals surface area contributed by atoms with Gasteiger partial charge in [0.25, 0.3) is 0 Å². The standard InChI is InChI=1S/C51H31N5S/c1-3-13-33(14-4-1)46-31-43-49(57-46)51(54-50(53-43)34-26-28-52-29-27-34)56-45-25-23-35(30-42(45)41-24-22-32-12-7-8-17-37(32)48(41)56)38-19-11-20-40-39-18-9-10-21-44(39)55(47(38)40)36-15-5-2-6-16-36/h1-31H. The number of nitrogens with zero attached hydrogens (tertiary/aromatic N) is 5. The van der Waals surface area contributed by atoms with Gasteiger partial charge in [0.05, 0.1) is 32.3 Å². The lowest BCUT2D eigenvalue weighted by atomic mass is 9.99. The van der Waals surface area contributed by atoms with Crippen molar-refractivity contribution in [1.29, 1.82) is 0 Å². The van der Waals surface area contributed by atoms with Gasteiger partial charge in [0.15, 0.2) is 11.6 Å². The lowest BCUT2D eigenvalue weighted by Gasteiger charge is -2.13. The van der Waals surface area contributed by atoms with Crippen molar-refractivity contribution in [2.45, 2.75) is 0 Å². The zero-order valence-corrected chi connectivity index (χ0v) is 31.4. The first kappa shape index (κ1) is 31.9. The smallest absolute Gasteiger partial charge is 0.162 e. The summed E-state index contributed by atoms with van der Waals surface area (Å²) in [5.74, 6) is 1.54. The summed E-state index contributed by atoms with van der Waals surface area (Å²) in [7, 11) is 0. The van der Waals surface area contributed by atoms with E-state index in [0.717, 1.165) is 54.3 Å². The van der Waals surface area contributed by atoms with E-state index in [1.807, 2.05) is 12.1 Å². The molecule has 5 heterocycles. The van der Waals surface area contributed by atoms with Crippen LogP contribution >= 0.6 is 11.3 Å². The molecule has 0 aliphatic carbocycles. The zero-order valence-electron chi connectivity index (χ0n) is 30.5. The van der Waals surface area contributed by atoms with Crippen molar-refractivity contribution >= 4 is 75.9 Å². The number of aromatic nitrogens is 5. The first-order chi connectivity index (χ1) is 28.3. The van der Waals surface area contributed by atoms with Crippen molar-refractivity contribution in [3.63, 3.8) is 0 Å². The number of thiophene rings is 1. The van der Waals surface area contributed by atoms with E-state index in [1.54, 1.807) is 23.7 Å². The molecular formula is C51H31N5S. The van der Waals surface area contributed by atoms with Gasteiger partial charge < -0.3 is 4.57 Å². The summed E-state index contributed by atoms with van der Waals surface area (Å²) >= 11 is 1.74. The number of rotatable bonds is 5. The Labute approximate surface area is 331 Å². The number of fused-ring (bicyclic) bond motifs is 9. The SMILES string of the molecule is c1ccc(-c2cc3nc(-c4ccncc4)nc(-n4c5ccc(-c6cccc7c8ccccc8n(-c8ccccc8)c67)cc5c5ccc6ccccc6c54)c3s2)cc1. The molecule has 266 valence electrons. The van der Waals surface area contributed by atoms with E-state index in [4.69, 9.17) is 9.97 Å². The molecule has 0 fully saturated rings. The molecule has 0 bridgehead atoms. The quantitative estimate of drug-likeness (QED) is 0.176. The lowest BCUT2D eigenvalue weighted by Crippen LogP contribution is -2.01. The van der Waals surface area contributed by atoms with E-state index in [2.05, 4.69) is 178 Å². The Kier molecular flexibility index (Phi) is 7.03. The Bertz CT molecular complexity index is 3510. The maximum Gasteiger partial charge on any atom is 0.162 e. The molecule has 0 atom stereocenters. The van der Waals surface area contributed by atoms with Crippen molar-refractivity contribution in [3.05, 3.63) is 188 Å². The highest BCUT2D eigenvalue weighted by Gasteiger charge is 2.23. The third-order valence-electron chi connectivity index (χ3n) is 11.2. The van der Waals surface area contributed by atoms with E-state index >= 15 is 0 Å². The highest BCUT2D eigenvalue weighted by molar-refractivity contribution is 7.22. The monoisotopic (exact) mass is 745 g/mol. The van der Waals surface area contributed by atoms with Crippen LogP contribution in [0.15, 0.2) is 188 Å². The molecule has 12 aromatic rings. The fourth-order valence-electron chi connectivity index (χ4n) is 8.71. The van der Waals surface area contributed by atoms with Crippen LogP contribution in [0.2, 0.25) is 0 Å². The van der Waals surface area contributed by atoms with Gasteiger partial charge in [0, 0.05) is 61.0 Å². The largest absolute Gasteiger partial charge is 0.309 e. The van der Waals surface area contributed by atoms with E-state index in [1.165, 1.54) is 48.9 Å². The Morgan fingerprint density at radius 1 is 0.439 bits per heavy atom. The first-order valence-electron chi connectivity index (χ1n) is 19.1. The molecule has 0 radical (unpaired) electrons. The van der Waals surface area contributed by atoms with Gasteiger partial charge in [-0.3, -0.25) is 9.55 Å². The molecule has 57 heavy (non-hydrogen) atoms. The molecule has 0 spiro atoms. The van der Waals surface area contributed by atoms with Crippen molar-refractivity contribution < 1.29 is 0 Å². The minimum Gasteiger partial charge on any atom is -0.309 e. The van der Waals surface area contributed by atoms with Crippen molar-refractivity contribution in [2.75, 3.05) is 0 Å². The second kappa shape index (κ2) is 12.6. The number of hydrogen-bond acceptors (Lipinski definition) is 4. The molecular weight excluding hydrogens is 715 g/mol. The summed E-state index contributed by atoms with van der Waals surface area (Å²) in [4.78, 5) is 16.1. The van der Waals surface area contributed by atoms with Crippen molar-refractivity contribution in [2.24, 2.45) is 0 Å². The summed E-state index contributed by atoms with van der Waals surface area (Å²) < 4.78 is 5.85. The lowest BCUT2D eigenvalue weighted by molar-refractivity contribution is 1.08. The Morgan fingerprint density at radius 3 is 2.02 bits per heavy atom. The van der Waals surface area contributed by atoms with E-state index in [0.29, 0.717) is 5.82 Å². The number of hydrogen-bond donors (Lipinski definition) is 0. The summed E-state index contributed by atoms with van der Waals surface area (Å²) in [6.45, 7) is 0. The molecule has 0 amide bonds. The predicted molar refractivity (Wildman–Crippen MR) is 238 cm³/mol. The van der Waals surface area contributed by atoms with Crippen LogP contribution in [-0.2, 0) is 0 Å². The predicted octanol–water partition coefficient (Wildman–Crippen LogP) is 13.4. The first-order valence-corrected chi connectivity index (χ1v) is 19.9. The topological polar surface area (TPSA) is 48.5 Å². The Balaban J connectivity index is 1.18. The third kappa shape index (κ3) is 4.91. The van der Waals surface area contributed by atoms with E-state index in [-0.39, 0.29) is 0 Å². The number of benzene rings is 7. The second-order valence-electron chi connectivity index (χ2n) is 14.4. The van der Waals surface area contributed by atoms with Crippen LogP contribution in [-0.4, -0.2) is 24.1 Å². The van der Waals surface area contributed by atoms with Crippen molar-refractivity contribution in [1.82, 2.24) is 24.1 Å². The molecule has 0 unspecified atom stereocenters. The van der Waals surface area contributed by atoms with E-state index < -0.39 is 0 Å². The molecule has 5 nitrogen and oxygen atoms in total. The van der Waals surface area contributed by atoms with Crippen LogP contribution in [0.25, 0.3) is 109 Å². The minimum atomic E-state index is 0.671. The summed E-state index contributed by atoms with van der Waals surface area (Å²) in [6, 6.07) is 63.1. The normalized spacial score (nSPS) is 11.9.